The molecular weight excluding hydrogens is 348 g/mol. The van der Waals surface area contributed by atoms with Gasteiger partial charge in [-0.1, -0.05) is 29.8 Å². The first-order chi connectivity index (χ1) is 12.6. The minimum atomic E-state index is -0.125. The normalized spacial score (nSPS) is 11.8. The fraction of sp³-hybridized carbons (Fsp3) is 0.190. The van der Waals surface area contributed by atoms with Gasteiger partial charge in [0.2, 0.25) is 5.91 Å². The molecule has 0 aliphatic heterocycles. The van der Waals surface area contributed by atoms with E-state index in [0.29, 0.717) is 11.4 Å². The maximum atomic E-state index is 12.7. The Morgan fingerprint density at radius 1 is 1.15 bits per heavy atom. The fourth-order valence-corrected chi connectivity index (χ4v) is 3.08. The summed E-state index contributed by atoms with van der Waals surface area (Å²) in [5.74, 6) is 0.697. The molecule has 26 heavy (non-hydrogen) atoms. The van der Waals surface area contributed by atoms with Crippen molar-refractivity contribution < 1.29 is 9.53 Å². The van der Waals surface area contributed by atoms with E-state index in [2.05, 4.69) is 5.32 Å². The Morgan fingerprint density at radius 2 is 1.92 bits per heavy atom. The Hall–Kier alpha value is -2.72. The van der Waals surface area contributed by atoms with E-state index in [-0.39, 0.29) is 11.9 Å². The average molecular weight is 369 g/mol. The van der Waals surface area contributed by atoms with Crippen molar-refractivity contribution in [3.8, 4) is 5.75 Å². The number of nitrogens with one attached hydrogen (secondary N) is 1. The third-order valence-corrected chi connectivity index (χ3v) is 4.55. The van der Waals surface area contributed by atoms with Gasteiger partial charge in [0, 0.05) is 23.1 Å². The van der Waals surface area contributed by atoms with Crippen LogP contribution in [0.2, 0.25) is 5.02 Å². The zero-order valence-electron chi connectivity index (χ0n) is 14.8. The molecule has 0 bridgehead atoms. The molecule has 1 N–H and O–H groups in total. The van der Waals surface area contributed by atoms with Gasteiger partial charge in [-0.05, 0) is 54.4 Å². The summed E-state index contributed by atoms with van der Waals surface area (Å²) in [7, 11) is 1.64. The van der Waals surface area contributed by atoms with Gasteiger partial charge in [-0.3, -0.25) is 4.79 Å². The number of aryl methyl sites for hydroxylation is 1. The zero-order chi connectivity index (χ0) is 18.5. The summed E-state index contributed by atoms with van der Waals surface area (Å²) in [6.07, 6.45) is 4.22. The van der Waals surface area contributed by atoms with Crippen LogP contribution < -0.4 is 10.1 Å². The van der Waals surface area contributed by atoms with E-state index < -0.39 is 0 Å². The maximum absolute atomic E-state index is 12.7. The SMILES string of the molecule is COc1cccc(C(CC(=O)Nc2cc(Cl)ccc2C)n2cccc2)c1. The molecule has 4 nitrogen and oxygen atoms in total. The molecule has 0 fully saturated rings. The molecule has 0 aliphatic rings. The number of hydrogen-bond donors (Lipinski definition) is 1. The number of carbonyl (C=O) groups is 1. The van der Waals surface area contributed by atoms with Crippen LogP contribution in [0.1, 0.15) is 23.6 Å². The van der Waals surface area contributed by atoms with Crippen molar-refractivity contribution in [2.75, 3.05) is 12.4 Å². The van der Waals surface area contributed by atoms with Gasteiger partial charge in [0.15, 0.2) is 0 Å². The molecule has 0 saturated heterocycles. The molecule has 1 heterocycles. The minimum absolute atomic E-state index is 0.0723. The van der Waals surface area contributed by atoms with Crippen LogP contribution in [-0.4, -0.2) is 17.6 Å². The van der Waals surface area contributed by atoms with E-state index in [1.807, 2.05) is 72.4 Å². The van der Waals surface area contributed by atoms with Crippen LogP contribution in [0.15, 0.2) is 67.0 Å². The minimum Gasteiger partial charge on any atom is -0.497 e. The van der Waals surface area contributed by atoms with Crippen LogP contribution >= 0.6 is 11.6 Å². The highest BCUT2D eigenvalue weighted by atomic mass is 35.5. The van der Waals surface area contributed by atoms with E-state index in [1.54, 1.807) is 13.2 Å². The maximum Gasteiger partial charge on any atom is 0.226 e. The number of halogens is 1. The summed E-state index contributed by atoms with van der Waals surface area (Å²) in [5, 5.41) is 3.57. The van der Waals surface area contributed by atoms with E-state index in [4.69, 9.17) is 16.3 Å². The summed E-state index contributed by atoms with van der Waals surface area (Å²) in [6.45, 7) is 1.94. The smallest absolute Gasteiger partial charge is 0.226 e. The summed E-state index contributed by atoms with van der Waals surface area (Å²) >= 11 is 6.05. The van der Waals surface area contributed by atoms with E-state index in [0.717, 1.165) is 22.6 Å². The Morgan fingerprint density at radius 3 is 2.65 bits per heavy atom. The van der Waals surface area contributed by atoms with Crippen molar-refractivity contribution in [3.63, 3.8) is 0 Å². The first kappa shape index (κ1) is 18.1. The number of carbonyl (C=O) groups excluding carboxylic acids is 1. The van der Waals surface area contributed by atoms with Crippen LogP contribution in [0.25, 0.3) is 0 Å². The molecule has 1 atom stereocenters. The highest BCUT2D eigenvalue weighted by Gasteiger charge is 2.18. The molecule has 3 rings (SSSR count). The lowest BCUT2D eigenvalue weighted by Gasteiger charge is -2.20. The van der Waals surface area contributed by atoms with Crippen molar-refractivity contribution in [2.24, 2.45) is 0 Å². The third kappa shape index (κ3) is 4.27. The number of amides is 1. The molecule has 3 aromatic rings. The van der Waals surface area contributed by atoms with Gasteiger partial charge in [0.1, 0.15) is 5.75 Å². The first-order valence-electron chi connectivity index (χ1n) is 8.39. The number of nitrogens with zero attached hydrogens (tertiary/aromatic N) is 1. The molecule has 1 aromatic heterocycles. The van der Waals surface area contributed by atoms with E-state index >= 15 is 0 Å². The van der Waals surface area contributed by atoms with Crippen LogP contribution in [0.4, 0.5) is 5.69 Å². The lowest BCUT2D eigenvalue weighted by atomic mass is 10.0. The van der Waals surface area contributed by atoms with Crippen LogP contribution in [0, 0.1) is 6.92 Å². The summed E-state index contributed by atoms with van der Waals surface area (Å²) in [6, 6.07) is 17.0. The van der Waals surface area contributed by atoms with E-state index in [9.17, 15) is 4.79 Å². The zero-order valence-corrected chi connectivity index (χ0v) is 15.5. The van der Waals surface area contributed by atoms with Crippen molar-refractivity contribution in [1.29, 1.82) is 0 Å². The third-order valence-electron chi connectivity index (χ3n) is 4.32. The number of anilines is 1. The molecule has 5 heteroatoms. The van der Waals surface area contributed by atoms with Gasteiger partial charge in [0.05, 0.1) is 19.6 Å². The molecule has 1 amide bonds. The van der Waals surface area contributed by atoms with Crippen molar-refractivity contribution >= 4 is 23.2 Å². The summed E-state index contributed by atoms with van der Waals surface area (Å²) < 4.78 is 7.35. The molecule has 1 unspecified atom stereocenters. The second kappa shape index (κ2) is 8.11. The number of rotatable bonds is 6. The van der Waals surface area contributed by atoms with Crippen LogP contribution in [-0.2, 0) is 4.79 Å². The molecule has 134 valence electrons. The average Bonchev–Trinajstić information content (AvgIpc) is 3.17. The van der Waals surface area contributed by atoms with Crippen molar-refractivity contribution in [2.45, 2.75) is 19.4 Å². The second-order valence-corrected chi connectivity index (χ2v) is 6.57. The summed E-state index contributed by atoms with van der Waals surface area (Å²) in [5.41, 5.74) is 2.72. The number of aromatic nitrogens is 1. The van der Waals surface area contributed by atoms with Crippen molar-refractivity contribution in [1.82, 2.24) is 4.57 Å². The Kier molecular flexibility index (Phi) is 5.64. The van der Waals surface area contributed by atoms with Crippen molar-refractivity contribution in [3.05, 3.63) is 83.1 Å². The largest absolute Gasteiger partial charge is 0.497 e. The Labute approximate surface area is 158 Å². The highest BCUT2D eigenvalue weighted by Crippen LogP contribution is 2.27. The van der Waals surface area contributed by atoms with Gasteiger partial charge < -0.3 is 14.6 Å². The highest BCUT2D eigenvalue weighted by molar-refractivity contribution is 6.31. The molecular formula is C21H21ClN2O2. The molecule has 0 aliphatic carbocycles. The number of benzene rings is 2. The van der Waals surface area contributed by atoms with Crippen LogP contribution in [0.5, 0.6) is 5.75 Å². The Balaban J connectivity index is 1.84. The van der Waals surface area contributed by atoms with E-state index in [1.165, 1.54) is 0 Å². The predicted octanol–water partition coefficient (Wildman–Crippen LogP) is 5.08. The topological polar surface area (TPSA) is 43.3 Å². The fourth-order valence-electron chi connectivity index (χ4n) is 2.91. The van der Waals surface area contributed by atoms with Gasteiger partial charge in [0.25, 0.3) is 0 Å². The van der Waals surface area contributed by atoms with Gasteiger partial charge >= 0.3 is 0 Å². The number of hydrogen-bond acceptors (Lipinski definition) is 2. The van der Waals surface area contributed by atoms with Gasteiger partial charge in [-0.25, -0.2) is 0 Å². The predicted molar refractivity (Wildman–Crippen MR) is 105 cm³/mol. The quantitative estimate of drug-likeness (QED) is 0.659. The molecule has 0 spiro atoms. The van der Waals surface area contributed by atoms with Gasteiger partial charge in [-0.2, -0.15) is 0 Å². The first-order valence-corrected chi connectivity index (χ1v) is 8.77. The lowest BCUT2D eigenvalue weighted by Crippen LogP contribution is -2.20. The second-order valence-electron chi connectivity index (χ2n) is 6.13. The monoisotopic (exact) mass is 368 g/mol. The standard InChI is InChI=1S/C21H21ClN2O2/c1-15-8-9-17(22)13-19(15)23-21(25)14-20(24-10-3-4-11-24)16-6-5-7-18(12-16)26-2/h3-13,20H,14H2,1-2H3,(H,23,25). The molecule has 0 radical (unpaired) electrons. The molecule has 2 aromatic carbocycles. The Bertz CT molecular complexity index is 891. The number of ether oxygens (including phenoxy) is 1. The number of methoxy groups -OCH3 is 1. The lowest BCUT2D eigenvalue weighted by molar-refractivity contribution is -0.116. The molecule has 0 saturated carbocycles. The van der Waals surface area contributed by atoms with Crippen LogP contribution in [0.3, 0.4) is 0 Å². The summed E-state index contributed by atoms with van der Waals surface area (Å²) in [4.78, 5) is 12.7. The van der Waals surface area contributed by atoms with Gasteiger partial charge in [-0.15, -0.1) is 0 Å².